The van der Waals surface area contributed by atoms with Crippen LogP contribution in [0, 0.1) is 17.2 Å². The molecule has 0 unspecified atom stereocenters. The fraction of sp³-hybridized carbons (Fsp3) is 0.909. The molecule has 1 rings (SSSR count). The van der Waals surface area contributed by atoms with E-state index in [4.69, 9.17) is 5.26 Å². The molecular formula is C11H21N3. The van der Waals surface area contributed by atoms with Crippen molar-refractivity contribution >= 4 is 0 Å². The van der Waals surface area contributed by atoms with Crippen LogP contribution in [0.2, 0.25) is 0 Å². The molecule has 0 aromatic heterocycles. The van der Waals surface area contributed by atoms with E-state index < -0.39 is 0 Å². The molecule has 0 aromatic rings. The summed E-state index contributed by atoms with van der Waals surface area (Å²) in [5.41, 5.74) is 0. The van der Waals surface area contributed by atoms with Crippen molar-refractivity contribution in [2.75, 3.05) is 19.8 Å². The van der Waals surface area contributed by atoms with Crippen molar-refractivity contribution in [3.8, 4) is 6.07 Å². The molecule has 80 valence electrons. The second kappa shape index (κ2) is 4.77. The molecule has 0 radical (unpaired) electrons. The first-order chi connectivity index (χ1) is 6.54. The predicted octanol–water partition coefficient (Wildman–Crippen LogP) is 1.52. The van der Waals surface area contributed by atoms with Gasteiger partial charge in [-0.25, -0.2) is 0 Å². The van der Waals surface area contributed by atoms with Crippen molar-refractivity contribution in [2.45, 2.75) is 39.8 Å². The molecule has 0 saturated carbocycles. The number of nitrogens with zero attached hydrogens (tertiary/aromatic N) is 3. The summed E-state index contributed by atoms with van der Waals surface area (Å²) in [6, 6.07) is 3.46. The molecule has 0 aromatic carbocycles. The Bertz CT molecular complexity index is 201. The molecule has 3 heteroatoms. The molecule has 0 aliphatic carbocycles. The maximum Gasteiger partial charge on any atom is 0.0718 e. The third-order valence-electron chi connectivity index (χ3n) is 2.92. The Hall–Kier alpha value is -0.590. The minimum Gasteiger partial charge on any atom is -0.287 e. The first kappa shape index (κ1) is 11.5. The van der Waals surface area contributed by atoms with E-state index in [1.807, 2.05) is 0 Å². The monoisotopic (exact) mass is 195 g/mol. The maximum atomic E-state index is 8.99. The molecule has 14 heavy (non-hydrogen) atoms. The molecule has 0 amide bonds. The summed E-state index contributed by atoms with van der Waals surface area (Å²) in [5, 5.41) is 8.99. The van der Waals surface area contributed by atoms with Crippen LogP contribution < -0.4 is 0 Å². The van der Waals surface area contributed by atoms with Crippen molar-refractivity contribution in [1.82, 2.24) is 9.80 Å². The molecular weight excluding hydrogens is 174 g/mol. The molecule has 0 N–H and O–H groups in total. The number of nitriles is 1. The van der Waals surface area contributed by atoms with Crippen molar-refractivity contribution in [2.24, 2.45) is 5.92 Å². The zero-order valence-electron chi connectivity index (χ0n) is 9.70. The van der Waals surface area contributed by atoms with Gasteiger partial charge in [-0.05, 0) is 27.7 Å². The van der Waals surface area contributed by atoms with E-state index in [1.165, 1.54) is 0 Å². The quantitative estimate of drug-likeness (QED) is 0.669. The van der Waals surface area contributed by atoms with Gasteiger partial charge in [0.15, 0.2) is 0 Å². The highest BCUT2D eigenvalue weighted by atomic mass is 15.4. The Kier molecular flexibility index (Phi) is 3.91. The lowest BCUT2D eigenvalue weighted by Crippen LogP contribution is -2.53. The minimum absolute atomic E-state index is 0.175. The molecule has 1 saturated heterocycles. The van der Waals surface area contributed by atoms with E-state index in [0.717, 1.165) is 19.8 Å². The van der Waals surface area contributed by atoms with Crippen LogP contribution >= 0.6 is 0 Å². The molecule has 0 spiro atoms. The van der Waals surface area contributed by atoms with Gasteiger partial charge in [-0.2, -0.15) is 5.26 Å². The lowest BCUT2D eigenvalue weighted by molar-refractivity contribution is 0.0244. The van der Waals surface area contributed by atoms with Crippen LogP contribution in [-0.2, 0) is 0 Å². The Morgan fingerprint density at radius 3 is 1.79 bits per heavy atom. The van der Waals surface area contributed by atoms with Gasteiger partial charge in [0.1, 0.15) is 0 Å². The first-order valence-corrected chi connectivity index (χ1v) is 5.42. The van der Waals surface area contributed by atoms with E-state index in [2.05, 4.69) is 43.6 Å². The Balaban J connectivity index is 2.62. The van der Waals surface area contributed by atoms with Crippen LogP contribution in [0.1, 0.15) is 27.7 Å². The van der Waals surface area contributed by atoms with Crippen molar-refractivity contribution in [3.63, 3.8) is 0 Å². The van der Waals surface area contributed by atoms with Gasteiger partial charge in [0.25, 0.3) is 0 Å². The Labute approximate surface area is 87.3 Å². The zero-order valence-corrected chi connectivity index (χ0v) is 9.70. The van der Waals surface area contributed by atoms with Crippen LogP contribution in [-0.4, -0.2) is 41.6 Å². The van der Waals surface area contributed by atoms with Gasteiger partial charge in [-0.15, -0.1) is 0 Å². The third kappa shape index (κ3) is 2.70. The Morgan fingerprint density at radius 1 is 1.07 bits per heavy atom. The summed E-state index contributed by atoms with van der Waals surface area (Å²) in [6.07, 6.45) is 0. The lowest BCUT2D eigenvalue weighted by atomic mass is 10.1. The van der Waals surface area contributed by atoms with Gasteiger partial charge in [-0.1, -0.05) is 0 Å². The van der Waals surface area contributed by atoms with Gasteiger partial charge in [-0.3, -0.25) is 9.80 Å². The number of hydrogen-bond acceptors (Lipinski definition) is 3. The van der Waals surface area contributed by atoms with Crippen LogP contribution in [0.5, 0.6) is 0 Å². The number of hydrogen-bond donors (Lipinski definition) is 0. The van der Waals surface area contributed by atoms with E-state index in [1.54, 1.807) is 0 Å². The number of rotatable bonds is 2. The molecule has 1 aliphatic heterocycles. The normalized spacial score (nSPS) is 21.8. The molecule has 1 aliphatic rings. The van der Waals surface area contributed by atoms with Crippen molar-refractivity contribution < 1.29 is 0 Å². The van der Waals surface area contributed by atoms with Gasteiger partial charge in [0.2, 0.25) is 0 Å². The molecule has 1 heterocycles. The first-order valence-electron chi connectivity index (χ1n) is 5.42. The van der Waals surface area contributed by atoms with Gasteiger partial charge < -0.3 is 0 Å². The second-order valence-electron chi connectivity index (χ2n) is 4.70. The standard InChI is InChI=1S/C11H21N3/c1-9(2)13-6-11(5-12)7-14(8-13)10(3)4/h9-11H,6-8H2,1-4H3. The van der Waals surface area contributed by atoms with Gasteiger partial charge in [0.05, 0.1) is 18.7 Å². The smallest absolute Gasteiger partial charge is 0.0718 e. The van der Waals surface area contributed by atoms with Crippen LogP contribution in [0.25, 0.3) is 0 Å². The highest BCUT2D eigenvalue weighted by molar-refractivity contribution is 4.92. The molecule has 0 atom stereocenters. The highest BCUT2D eigenvalue weighted by Gasteiger charge is 2.27. The molecule has 3 nitrogen and oxygen atoms in total. The highest BCUT2D eigenvalue weighted by Crippen LogP contribution is 2.16. The fourth-order valence-electron chi connectivity index (χ4n) is 1.80. The van der Waals surface area contributed by atoms with Gasteiger partial charge >= 0.3 is 0 Å². The topological polar surface area (TPSA) is 30.3 Å². The van der Waals surface area contributed by atoms with Gasteiger partial charge in [0, 0.05) is 25.2 Å². The maximum absolute atomic E-state index is 8.99. The third-order valence-corrected chi connectivity index (χ3v) is 2.92. The summed E-state index contributed by atoms with van der Waals surface area (Å²) >= 11 is 0. The summed E-state index contributed by atoms with van der Waals surface area (Å²) in [5.74, 6) is 0.175. The second-order valence-corrected chi connectivity index (χ2v) is 4.70. The average molecular weight is 195 g/mol. The summed E-state index contributed by atoms with van der Waals surface area (Å²) in [4.78, 5) is 4.74. The summed E-state index contributed by atoms with van der Waals surface area (Å²) in [7, 11) is 0. The van der Waals surface area contributed by atoms with Crippen molar-refractivity contribution in [1.29, 1.82) is 5.26 Å². The van der Waals surface area contributed by atoms with E-state index >= 15 is 0 Å². The zero-order chi connectivity index (χ0) is 10.7. The summed E-state index contributed by atoms with van der Waals surface area (Å²) in [6.45, 7) is 11.6. The van der Waals surface area contributed by atoms with Crippen LogP contribution in [0.4, 0.5) is 0 Å². The molecule has 1 fully saturated rings. The predicted molar refractivity (Wildman–Crippen MR) is 57.7 cm³/mol. The minimum atomic E-state index is 0.175. The Morgan fingerprint density at radius 2 is 1.50 bits per heavy atom. The van der Waals surface area contributed by atoms with E-state index in [0.29, 0.717) is 12.1 Å². The average Bonchev–Trinajstić information content (AvgIpc) is 2.16. The van der Waals surface area contributed by atoms with Crippen molar-refractivity contribution in [3.05, 3.63) is 0 Å². The van der Waals surface area contributed by atoms with E-state index in [9.17, 15) is 0 Å². The summed E-state index contributed by atoms with van der Waals surface area (Å²) < 4.78 is 0. The lowest BCUT2D eigenvalue weighted by Gasteiger charge is -2.41. The SMILES string of the molecule is CC(C)N1CC(C#N)CN(C(C)C)C1. The fourth-order valence-corrected chi connectivity index (χ4v) is 1.80. The molecule has 0 bridgehead atoms. The largest absolute Gasteiger partial charge is 0.287 e. The van der Waals surface area contributed by atoms with E-state index in [-0.39, 0.29) is 5.92 Å². The van der Waals surface area contributed by atoms with Crippen LogP contribution in [0.3, 0.4) is 0 Å². The van der Waals surface area contributed by atoms with Crippen LogP contribution in [0.15, 0.2) is 0 Å².